The van der Waals surface area contributed by atoms with Gasteiger partial charge in [-0.3, -0.25) is 0 Å². The molecule has 12 nitrogen and oxygen atoms in total. The largest absolute Gasteiger partial charge is 0.494 e. The Hall–Kier alpha value is -5.02. The van der Waals surface area contributed by atoms with Crippen molar-refractivity contribution in [2.24, 2.45) is 5.92 Å². The van der Waals surface area contributed by atoms with E-state index in [-0.39, 0.29) is 25.7 Å². The van der Waals surface area contributed by atoms with E-state index < -0.39 is 42.7 Å². The second-order valence-corrected chi connectivity index (χ2v) is 18.9. The molecule has 0 aliphatic carbocycles. The van der Waals surface area contributed by atoms with Crippen molar-refractivity contribution < 1.29 is 59.8 Å². The van der Waals surface area contributed by atoms with Crippen LogP contribution in [0, 0.1) is 5.92 Å². The molecule has 0 amide bonds. The minimum absolute atomic E-state index is 0.180. The van der Waals surface area contributed by atoms with Gasteiger partial charge in [0, 0.05) is 6.61 Å². The van der Waals surface area contributed by atoms with Crippen LogP contribution in [0.5, 0.6) is 23.0 Å². The van der Waals surface area contributed by atoms with Crippen molar-refractivity contribution in [2.75, 3.05) is 33.0 Å². The zero-order chi connectivity index (χ0) is 54.5. The molecule has 0 saturated carbocycles. The summed E-state index contributed by atoms with van der Waals surface area (Å²) in [6.45, 7) is 15.7. The Bertz CT molecular complexity index is 2130. The Kier molecular flexibility index (Phi) is 34.7. The van der Waals surface area contributed by atoms with Crippen LogP contribution in [0.3, 0.4) is 0 Å². The summed E-state index contributed by atoms with van der Waals surface area (Å²) in [5.41, 5.74) is 4.34. The highest BCUT2D eigenvalue weighted by molar-refractivity contribution is 5.32. The van der Waals surface area contributed by atoms with Crippen molar-refractivity contribution in [2.45, 2.75) is 168 Å². The van der Waals surface area contributed by atoms with Gasteiger partial charge in [-0.2, -0.15) is 0 Å². The molecule has 412 valence electrons. The fourth-order valence-corrected chi connectivity index (χ4v) is 7.34. The van der Waals surface area contributed by atoms with Gasteiger partial charge < -0.3 is 59.8 Å². The minimum atomic E-state index is -0.657. The highest BCUT2D eigenvalue weighted by atomic mass is 16.5. The number of rotatable bonds is 30. The molecule has 74 heavy (non-hydrogen) atoms. The van der Waals surface area contributed by atoms with Crippen LogP contribution >= 0.6 is 0 Å². The fraction of sp³-hybridized carbons (Fsp3) is 0.516. The normalized spacial score (nSPS) is 13.7. The maximum absolute atomic E-state index is 10.1. The van der Waals surface area contributed by atoms with Gasteiger partial charge in [0.2, 0.25) is 0 Å². The van der Waals surface area contributed by atoms with Crippen molar-refractivity contribution >= 4 is 0 Å². The summed E-state index contributed by atoms with van der Waals surface area (Å²) in [5.74, 6) is 3.03. The van der Waals surface area contributed by atoms with Crippen LogP contribution in [0.1, 0.15) is 184 Å². The van der Waals surface area contributed by atoms with Gasteiger partial charge in [0.1, 0.15) is 48.9 Å². The molecular weight excluding hydrogens is 937 g/mol. The summed E-state index contributed by atoms with van der Waals surface area (Å²) >= 11 is 0. The molecule has 5 rings (SSSR count). The van der Waals surface area contributed by atoms with Crippen LogP contribution in [-0.2, 0) is 0 Å². The maximum Gasteiger partial charge on any atom is 0.119 e. The van der Waals surface area contributed by atoms with Gasteiger partial charge in [-0.25, -0.2) is 0 Å². The molecule has 0 radical (unpaired) electrons. The first kappa shape index (κ1) is 65.1. The molecule has 12 heteroatoms. The van der Waals surface area contributed by atoms with E-state index >= 15 is 0 Å². The number of aliphatic hydroxyl groups is 8. The molecule has 0 fully saturated rings. The zero-order valence-electron chi connectivity index (χ0n) is 45.5. The fourth-order valence-electron chi connectivity index (χ4n) is 7.34. The third-order valence-corrected chi connectivity index (χ3v) is 11.9. The van der Waals surface area contributed by atoms with Crippen molar-refractivity contribution in [1.82, 2.24) is 0 Å². The average Bonchev–Trinajstić information content (AvgIpc) is 3.41. The lowest BCUT2D eigenvalue weighted by Gasteiger charge is -2.16. The molecule has 0 spiro atoms. The van der Waals surface area contributed by atoms with Gasteiger partial charge in [-0.1, -0.05) is 159 Å². The van der Waals surface area contributed by atoms with Crippen LogP contribution in [0.4, 0.5) is 0 Å². The second kappa shape index (κ2) is 39.4. The van der Waals surface area contributed by atoms with Crippen LogP contribution in [0.25, 0.3) is 0 Å². The summed E-state index contributed by atoms with van der Waals surface area (Å²) < 4.78 is 22.2. The number of aliphatic hydroxyl groups excluding tert-OH is 8. The van der Waals surface area contributed by atoms with Gasteiger partial charge >= 0.3 is 0 Å². The van der Waals surface area contributed by atoms with Crippen LogP contribution < -0.4 is 18.9 Å². The molecule has 0 aromatic heterocycles. The quantitative estimate of drug-likeness (QED) is 0.0203. The molecule has 5 aromatic carbocycles. The van der Waals surface area contributed by atoms with E-state index in [1.165, 1.54) is 0 Å². The van der Waals surface area contributed by atoms with Crippen molar-refractivity contribution in [3.05, 3.63) is 155 Å². The topological polar surface area (TPSA) is 199 Å². The minimum Gasteiger partial charge on any atom is -0.494 e. The van der Waals surface area contributed by atoms with Gasteiger partial charge in [0.15, 0.2) is 0 Å². The van der Waals surface area contributed by atoms with Crippen molar-refractivity contribution in [3.63, 3.8) is 0 Å². The predicted octanol–water partition coefficient (Wildman–Crippen LogP) is 12.3. The summed E-state index contributed by atoms with van der Waals surface area (Å²) in [5, 5.41) is 77.7. The Morgan fingerprint density at radius 1 is 0.365 bits per heavy atom. The smallest absolute Gasteiger partial charge is 0.119 e. The first-order chi connectivity index (χ1) is 35.7. The van der Waals surface area contributed by atoms with Crippen molar-refractivity contribution in [3.8, 4) is 23.0 Å². The first-order valence-corrected chi connectivity index (χ1v) is 27.0. The number of hydrogen-bond acceptors (Lipinski definition) is 12. The molecular formula is C62H92O12. The van der Waals surface area contributed by atoms with E-state index in [0.29, 0.717) is 30.5 Å². The van der Waals surface area contributed by atoms with E-state index in [1.54, 1.807) is 0 Å². The summed E-state index contributed by atoms with van der Waals surface area (Å²) in [4.78, 5) is 0. The molecule has 7 atom stereocenters. The first-order valence-electron chi connectivity index (χ1n) is 27.0. The Morgan fingerprint density at radius 3 is 1.08 bits per heavy atom. The van der Waals surface area contributed by atoms with Gasteiger partial charge in [0.25, 0.3) is 0 Å². The van der Waals surface area contributed by atoms with E-state index in [1.807, 2.05) is 169 Å². The molecule has 0 saturated heterocycles. The third kappa shape index (κ3) is 27.5. The number of hydrogen-bond donors (Lipinski definition) is 8. The van der Waals surface area contributed by atoms with Crippen molar-refractivity contribution in [1.29, 1.82) is 0 Å². The van der Waals surface area contributed by atoms with E-state index in [0.717, 1.165) is 111 Å². The molecule has 8 N–H and O–H groups in total. The Balaban J connectivity index is 0.000000339. The molecule has 0 aliphatic rings. The van der Waals surface area contributed by atoms with E-state index in [4.69, 9.17) is 24.1 Å². The molecule has 0 bridgehead atoms. The molecule has 7 unspecified atom stereocenters. The third-order valence-electron chi connectivity index (χ3n) is 11.9. The van der Waals surface area contributed by atoms with Gasteiger partial charge in [-0.15, -0.1) is 0 Å². The monoisotopic (exact) mass is 1030 g/mol. The maximum atomic E-state index is 10.1. The Labute approximate surface area is 443 Å². The standard InChI is InChI=1S/C18H22O3.2C15H24O3.C14H22O3/c1-2-7-17(19)15-10-6-11-16(12-15)21-13-18(20)14-8-4-3-5-9-14;1-4-6-14(16)12-7-5-8-13(9-12)18-10-15(17)11(2)3;1-3-6-13(16)11-18-14-9-5-8-12(10-14)15(17)7-4-2;1-2-6-14(16)12-7-5-8-13(11-12)17-10-4-3-9-15/h3-6,8-12,17-20H,2,7,13H2,1H3;5,7-9,11,14-17H,4,6,10H2,1-3H3;5,8-10,13,15-17H,3-4,6-7,11H2,1-2H3;5,7-8,11,14-16H,2-4,6,9-10H2,1H3. The predicted molar refractivity (Wildman–Crippen MR) is 297 cm³/mol. The van der Waals surface area contributed by atoms with Gasteiger partial charge in [-0.05, 0) is 127 Å². The summed E-state index contributed by atoms with van der Waals surface area (Å²) in [6.07, 6.45) is 6.81. The molecule has 0 heterocycles. The Morgan fingerprint density at radius 2 is 0.716 bits per heavy atom. The molecule has 5 aromatic rings. The van der Waals surface area contributed by atoms with Crippen LogP contribution in [-0.4, -0.2) is 86.1 Å². The average molecular weight is 1030 g/mol. The summed E-state index contributed by atoms with van der Waals surface area (Å²) in [6, 6.07) is 39.3. The summed E-state index contributed by atoms with van der Waals surface area (Å²) in [7, 11) is 0. The number of unbranched alkanes of at least 4 members (excludes halogenated alkanes) is 1. The highest BCUT2D eigenvalue weighted by Gasteiger charge is 2.14. The van der Waals surface area contributed by atoms with E-state index in [2.05, 4.69) is 6.92 Å². The lowest BCUT2D eigenvalue weighted by molar-refractivity contribution is 0.0699. The van der Waals surface area contributed by atoms with E-state index in [9.17, 15) is 35.7 Å². The van der Waals surface area contributed by atoms with Crippen LogP contribution in [0.15, 0.2) is 127 Å². The van der Waals surface area contributed by atoms with Crippen LogP contribution in [0.2, 0.25) is 0 Å². The highest BCUT2D eigenvalue weighted by Crippen LogP contribution is 2.27. The molecule has 0 aliphatic heterocycles. The van der Waals surface area contributed by atoms with Gasteiger partial charge in [0.05, 0.1) is 43.2 Å². The number of benzene rings is 5. The second-order valence-electron chi connectivity index (χ2n) is 18.9. The lowest BCUT2D eigenvalue weighted by Crippen LogP contribution is -2.23. The number of ether oxygens (including phenoxy) is 4. The SMILES string of the molecule is CCCC(O)COc1cccc(C(O)CCC)c1.CCCC(O)c1cccc(OCC(O)C(C)C)c1.CCCC(O)c1cccc(OCC(O)c2ccccc2)c1.CCCC(O)c1cccc(OCCCCO)c1. The lowest BCUT2D eigenvalue weighted by atomic mass is 10.1. The zero-order valence-corrected chi connectivity index (χ0v) is 45.5.